The Morgan fingerprint density at radius 1 is 1.00 bits per heavy atom. The number of carbonyl (C=O) groups excluding carboxylic acids is 1. The number of fused-ring (bicyclic) bond motifs is 1. The molecule has 3 nitrogen and oxygen atoms in total. The third-order valence-electron chi connectivity index (χ3n) is 3.50. The van der Waals surface area contributed by atoms with Gasteiger partial charge in [-0.25, -0.2) is 9.82 Å². The SMILES string of the molecule is O=C(Cc1cccc2ccccc12)N/N=C\c1ccc(F)cc1. The van der Waals surface area contributed by atoms with E-state index in [1.54, 1.807) is 12.1 Å². The van der Waals surface area contributed by atoms with Gasteiger partial charge < -0.3 is 0 Å². The number of hydrogen-bond donors (Lipinski definition) is 1. The van der Waals surface area contributed by atoms with Crippen LogP contribution in [-0.2, 0) is 11.2 Å². The second-order valence-corrected chi connectivity index (χ2v) is 5.16. The highest BCUT2D eigenvalue weighted by atomic mass is 19.1. The van der Waals surface area contributed by atoms with Crippen LogP contribution in [0, 0.1) is 5.82 Å². The van der Waals surface area contributed by atoms with Gasteiger partial charge in [-0.15, -0.1) is 0 Å². The summed E-state index contributed by atoms with van der Waals surface area (Å²) in [5.74, 6) is -0.498. The first-order valence-corrected chi connectivity index (χ1v) is 7.26. The average molecular weight is 306 g/mol. The topological polar surface area (TPSA) is 41.5 Å². The van der Waals surface area contributed by atoms with Gasteiger partial charge in [0.05, 0.1) is 12.6 Å². The van der Waals surface area contributed by atoms with Crippen molar-refractivity contribution in [1.82, 2.24) is 5.43 Å². The van der Waals surface area contributed by atoms with Gasteiger partial charge in [0.1, 0.15) is 5.82 Å². The number of benzene rings is 3. The van der Waals surface area contributed by atoms with Gasteiger partial charge in [-0.2, -0.15) is 5.10 Å². The monoisotopic (exact) mass is 306 g/mol. The van der Waals surface area contributed by atoms with E-state index in [0.717, 1.165) is 21.9 Å². The summed E-state index contributed by atoms with van der Waals surface area (Å²) in [7, 11) is 0. The standard InChI is InChI=1S/C19H15FN2O/c20-17-10-8-14(9-11-17)13-21-22-19(23)12-16-6-3-5-15-4-1-2-7-18(15)16/h1-11,13H,12H2,(H,22,23)/b21-13-. The van der Waals surface area contributed by atoms with Gasteiger partial charge in [-0.05, 0) is 34.0 Å². The van der Waals surface area contributed by atoms with Crippen LogP contribution >= 0.6 is 0 Å². The van der Waals surface area contributed by atoms with Crippen molar-refractivity contribution in [2.45, 2.75) is 6.42 Å². The Bertz CT molecular complexity index is 851. The highest BCUT2D eigenvalue weighted by molar-refractivity contribution is 5.90. The zero-order chi connectivity index (χ0) is 16.1. The lowest BCUT2D eigenvalue weighted by Gasteiger charge is -2.05. The lowest BCUT2D eigenvalue weighted by molar-refractivity contribution is -0.120. The van der Waals surface area contributed by atoms with Gasteiger partial charge >= 0.3 is 0 Å². The van der Waals surface area contributed by atoms with E-state index in [4.69, 9.17) is 0 Å². The van der Waals surface area contributed by atoms with Gasteiger partial charge in [0.15, 0.2) is 0 Å². The Labute approximate surface area is 133 Å². The quantitative estimate of drug-likeness (QED) is 0.580. The van der Waals surface area contributed by atoms with E-state index in [9.17, 15) is 9.18 Å². The van der Waals surface area contributed by atoms with Crippen molar-refractivity contribution < 1.29 is 9.18 Å². The van der Waals surface area contributed by atoms with Crippen LogP contribution in [0.2, 0.25) is 0 Å². The Morgan fingerprint density at radius 2 is 1.74 bits per heavy atom. The van der Waals surface area contributed by atoms with E-state index in [0.29, 0.717) is 0 Å². The number of hydrogen-bond acceptors (Lipinski definition) is 2. The van der Waals surface area contributed by atoms with E-state index >= 15 is 0 Å². The maximum Gasteiger partial charge on any atom is 0.244 e. The van der Waals surface area contributed by atoms with Gasteiger partial charge in [-0.3, -0.25) is 4.79 Å². The molecule has 1 amide bonds. The molecule has 114 valence electrons. The third-order valence-corrected chi connectivity index (χ3v) is 3.50. The molecule has 0 aliphatic rings. The molecule has 0 aliphatic carbocycles. The number of rotatable bonds is 4. The minimum Gasteiger partial charge on any atom is -0.273 e. The van der Waals surface area contributed by atoms with Crippen molar-refractivity contribution >= 4 is 22.9 Å². The summed E-state index contributed by atoms with van der Waals surface area (Å²) in [6.07, 6.45) is 1.74. The van der Waals surface area contributed by atoms with E-state index < -0.39 is 0 Å². The number of nitrogens with zero attached hydrogens (tertiary/aromatic N) is 1. The number of carbonyl (C=O) groups is 1. The molecule has 0 bridgehead atoms. The molecule has 3 rings (SSSR count). The second-order valence-electron chi connectivity index (χ2n) is 5.16. The van der Waals surface area contributed by atoms with Crippen molar-refractivity contribution in [1.29, 1.82) is 0 Å². The maximum atomic E-state index is 12.8. The fraction of sp³-hybridized carbons (Fsp3) is 0.0526. The van der Waals surface area contributed by atoms with Crippen molar-refractivity contribution in [3.05, 3.63) is 83.7 Å². The molecule has 0 fully saturated rings. The number of nitrogens with one attached hydrogen (secondary N) is 1. The molecule has 0 radical (unpaired) electrons. The summed E-state index contributed by atoms with van der Waals surface area (Å²) in [5.41, 5.74) is 4.17. The molecule has 4 heteroatoms. The van der Waals surface area contributed by atoms with Crippen LogP contribution in [-0.4, -0.2) is 12.1 Å². The van der Waals surface area contributed by atoms with E-state index in [-0.39, 0.29) is 18.1 Å². The molecular formula is C19H15FN2O. The summed E-state index contributed by atoms with van der Waals surface area (Å²) in [4.78, 5) is 12.0. The molecular weight excluding hydrogens is 291 g/mol. The third kappa shape index (κ3) is 3.80. The molecule has 23 heavy (non-hydrogen) atoms. The average Bonchev–Trinajstić information content (AvgIpc) is 2.57. The first-order chi connectivity index (χ1) is 11.2. The van der Waals surface area contributed by atoms with Crippen LogP contribution < -0.4 is 5.43 Å². The molecule has 0 heterocycles. The van der Waals surface area contributed by atoms with E-state index in [1.807, 2.05) is 42.5 Å². The Hall–Kier alpha value is -3.01. The minimum atomic E-state index is -0.304. The summed E-state index contributed by atoms with van der Waals surface area (Å²) >= 11 is 0. The van der Waals surface area contributed by atoms with Crippen molar-refractivity contribution in [3.8, 4) is 0 Å². The zero-order valence-electron chi connectivity index (χ0n) is 12.4. The molecule has 0 aromatic heterocycles. The summed E-state index contributed by atoms with van der Waals surface area (Å²) < 4.78 is 12.8. The Balaban J connectivity index is 1.66. The molecule has 0 unspecified atom stereocenters. The highest BCUT2D eigenvalue weighted by Gasteiger charge is 2.05. The number of hydrazone groups is 1. The smallest absolute Gasteiger partial charge is 0.244 e. The normalized spacial score (nSPS) is 11.0. The first kappa shape index (κ1) is 14.9. The Kier molecular flexibility index (Phi) is 4.43. The second kappa shape index (κ2) is 6.83. The molecule has 0 saturated heterocycles. The van der Waals surface area contributed by atoms with Gasteiger partial charge in [0, 0.05) is 0 Å². The summed E-state index contributed by atoms with van der Waals surface area (Å²) in [5, 5.41) is 6.07. The predicted octanol–water partition coefficient (Wildman–Crippen LogP) is 3.67. The summed E-state index contributed by atoms with van der Waals surface area (Å²) in [6, 6.07) is 19.7. The fourth-order valence-corrected chi connectivity index (χ4v) is 2.39. The van der Waals surface area contributed by atoms with Crippen LogP contribution in [0.3, 0.4) is 0 Å². The molecule has 1 N–H and O–H groups in total. The van der Waals surface area contributed by atoms with E-state index in [1.165, 1.54) is 18.3 Å². The molecule has 0 saturated carbocycles. The summed E-state index contributed by atoms with van der Waals surface area (Å²) in [6.45, 7) is 0. The number of halogens is 1. The van der Waals surface area contributed by atoms with Crippen LogP contribution in [0.1, 0.15) is 11.1 Å². The highest BCUT2D eigenvalue weighted by Crippen LogP contribution is 2.18. The zero-order valence-corrected chi connectivity index (χ0v) is 12.4. The molecule has 3 aromatic rings. The molecule has 0 spiro atoms. The van der Waals surface area contributed by atoms with Crippen molar-refractivity contribution in [2.75, 3.05) is 0 Å². The van der Waals surface area contributed by atoms with Crippen LogP contribution in [0.4, 0.5) is 4.39 Å². The maximum absolute atomic E-state index is 12.8. The van der Waals surface area contributed by atoms with Gasteiger partial charge in [0.2, 0.25) is 5.91 Å². The lowest BCUT2D eigenvalue weighted by atomic mass is 10.0. The van der Waals surface area contributed by atoms with Crippen molar-refractivity contribution in [3.63, 3.8) is 0 Å². The molecule has 3 aromatic carbocycles. The van der Waals surface area contributed by atoms with Crippen LogP contribution in [0.25, 0.3) is 10.8 Å². The number of amides is 1. The lowest BCUT2D eigenvalue weighted by Crippen LogP contribution is -2.19. The molecule has 0 atom stereocenters. The van der Waals surface area contributed by atoms with Crippen molar-refractivity contribution in [2.24, 2.45) is 5.10 Å². The minimum absolute atomic E-state index is 0.195. The van der Waals surface area contributed by atoms with Crippen LogP contribution in [0.15, 0.2) is 71.8 Å². The largest absolute Gasteiger partial charge is 0.273 e. The van der Waals surface area contributed by atoms with Crippen LogP contribution in [0.5, 0.6) is 0 Å². The fourth-order valence-electron chi connectivity index (χ4n) is 2.39. The Morgan fingerprint density at radius 3 is 2.57 bits per heavy atom. The molecule has 0 aliphatic heterocycles. The van der Waals surface area contributed by atoms with E-state index in [2.05, 4.69) is 10.5 Å². The van der Waals surface area contributed by atoms with Gasteiger partial charge in [-0.1, -0.05) is 54.6 Å². The van der Waals surface area contributed by atoms with Gasteiger partial charge in [0.25, 0.3) is 0 Å². The predicted molar refractivity (Wildman–Crippen MR) is 89.8 cm³/mol. The first-order valence-electron chi connectivity index (χ1n) is 7.26.